The molecule has 1 amide bonds. The van der Waals surface area contributed by atoms with Gasteiger partial charge in [-0.1, -0.05) is 31.5 Å². The van der Waals surface area contributed by atoms with Crippen molar-refractivity contribution in [3.05, 3.63) is 34.9 Å². The van der Waals surface area contributed by atoms with E-state index >= 15 is 0 Å². The molecule has 0 spiro atoms. The first-order valence-electron chi connectivity index (χ1n) is 6.59. The van der Waals surface area contributed by atoms with Crippen LogP contribution in [0.3, 0.4) is 0 Å². The molecule has 2 rings (SSSR count). The van der Waals surface area contributed by atoms with E-state index in [1.807, 2.05) is 32.8 Å². The molecule has 2 aromatic rings. The van der Waals surface area contributed by atoms with Gasteiger partial charge in [-0.3, -0.25) is 9.89 Å². The summed E-state index contributed by atoms with van der Waals surface area (Å²) in [4.78, 5) is 18.2. The van der Waals surface area contributed by atoms with Crippen molar-refractivity contribution in [1.29, 1.82) is 0 Å². The summed E-state index contributed by atoms with van der Waals surface area (Å²) in [6.45, 7) is 3.95. The molecule has 1 heterocycles. The lowest BCUT2D eigenvalue weighted by Crippen LogP contribution is -2.18. The van der Waals surface area contributed by atoms with Gasteiger partial charge in [-0.2, -0.15) is 0 Å². The van der Waals surface area contributed by atoms with E-state index in [0.717, 1.165) is 5.69 Å². The van der Waals surface area contributed by atoms with Gasteiger partial charge in [0.25, 0.3) is 5.91 Å². The normalized spacial score (nSPS) is 10.8. The van der Waals surface area contributed by atoms with Crippen molar-refractivity contribution >= 4 is 28.9 Å². The van der Waals surface area contributed by atoms with Crippen LogP contribution in [-0.2, 0) is 0 Å². The van der Waals surface area contributed by atoms with Crippen LogP contribution in [0.15, 0.2) is 18.2 Å². The molecule has 0 fully saturated rings. The number of nitrogens with one attached hydrogen (secondary N) is 2. The average molecular weight is 308 g/mol. The fourth-order valence-electron chi connectivity index (χ4n) is 1.88. The summed E-state index contributed by atoms with van der Waals surface area (Å²) in [6.07, 6.45) is 0. The van der Waals surface area contributed by atoms with Crippen molar-refractivity contribution in [2.45, 2.75) is 19.8 Å². The van der Waals surface area contributed by atoms with Gasteiger partial charge in [0.05, 0.1) is 16.4 Å². The maximum absolute atomic E-state index is 12.2. The summed E-state index contributed by atoms with van der Waals surface area (Å²) in [5.41, 5.74) is 1.36. The lowest BCUT2D eigenvalue weighted by atomic mass is 10.2. The van der Waals surface area contributed by atoms with Crippen LogP contribution in [0.25, 0.3) is 0 Å². The van der Waals surface area contributed by atoms with Gasteiger partial charge in [0.1, 0.15) is 5.82 Å². The topological polar surface area (TPSA) is 73.9 Å². The monoisotopic (exact) mass is 307 g/mol. The summed E-state index contributed by atoms with van der Waals surface area (Å²) < 4.78 is 0. The summed E-state index contributed by atoms with van der Waals surface area (Å²) in [6, 6.07) is 5.34. The third-order valence-corrected chi connectivity index (χ3v) is 3.24. The van der Waals surface area contributed by atoms with Crippen LogP contribution < -0.4 is 10.2 Å². The maximum atomic E-state index is 12.2. The number of anilines is 2. The molecule has 7 heteroatoms. The molecule has 0 radical (unpaired) electrons. The first-order valence-corrected chi connectivity index (χ1v) is 6.97. The lowest BCUT2D eigenvalue weighted by molar-refractivity contribution is 0.101. The fourth-order valence-corrected chi connectivity index (χ4v) is 2.23. The van der Waals surface area contributed by atoms with Crippen LogP contribution >= 0.6 is 11.6 Å². The standard InChI is InChI=1S/C14H18ClN5O/c1-8(2)12-17-13(19-18-12)14(21)16-10-7-5-6-9(15)11(10)20(3)4/h5-8H,1-4H3,(H,16,21)(H,17,18,19). The molecule has 0 bridgehead atoms. The van der Waals surface area contributed by atoms with Gasteiger partial charge in [-0.05, 0) is 12.1 Å². The summed E-state index contributed by atoms with van der Waals surface area (Å²) >= 11 is 6.17. The highest BCUT2D eigenvalue weighted by atomic mass is 35.5. The molecule has 0 aliphatic heterocycles. The zero-order chi connectivity index (χ0) is 15.6. The largest absolute Gasteiger partial charge is 0.375 e. The molecular weight excluding hydrogens is 290 g/mol. The zero-order valence-corrected chi connectivity index (χ0v) is 13.2. The number of hydrogen-bond acceptors (Lipinski definition) is 4. The van der Waals surface area contributed by atoms with Crippen molar-refractivity contribution in [2.75, 3.05) is 24.3 Å². The minimum Gasteiger partial charge on any atom is -0.375 e. The van der Waals surface area contributed by atoms with Crippen LogP contribution in [0.4, 0.5) is 11.4 Å². The molecular formula is C14H18ClN5O. The number of amides is 1. The van der Waals surface area contributed by atoms with Gasteiger partial charge < -0.3 is 10.2 Å². The number of hydrogen-bond donors (Lipinski definition) is 2. The minimum atomic E-state index is -0.372. The summed E-state index contributed by atoms with van der Waals surface area (Å²) in [5.74, 6) is 0.605. The second-order valence-corrected chi connectivity index (χ2v) is 5.59. The van der Waals surface area contributed by atoms with Gasteiger partial charge in [-0.15, -0.1) is 5.10 Å². The molecule has 0 unspecified atom stereocenters. The smallest absolute Gasteiger partial charge is 0.295 e. The van der Waals surface area contributed by atoms with E-state index in [1.54, 1.807) is 18.2 Å². The van der Waals surface area contributed by atoms with Crippen molar-refractivity contribution in [2.24, 2.45) is 0 Å². The number of rotatable bonds is 4. The van der Waals surface area contributed by atoms with E-state index < -0.39 is 0 Å². The number of carbonyl (C=O) groups excluding carboxylic acids is 1. The highest BCUT2D eigenvalue weighted by Crippen LogP contribution is 2.32. The predicted molar refractivity (Wildman–Crippen MR) is 84.2 cm³/mol. The van der Waals surface area contributed by atoms with Crippen LogP contribution in [0, 0.1) is 0 Å². The van der Waals surface area contributed by atoms with Gasteiger partial charge in [0.2, 0.25) is 5.82 Å². The third kappa shape index (κ3) is 3.33. The predicted octanol–water partition coefficient (Wildman–Crippen LogP) is 2.90. The van der Waals surface area contributed by atoms with Gasteiger partial charge in [0.15, 0.2) is 0 Å². The SMILES string of the molecule is CC(C)c1nc(C(=O)Nc2cccc(Cl)c2N(C)C)n[nH]1. The Kier molecular flexibility index (Phi) is 4.47. The number of carbonyl (C=O) groups is 1. The number of para-hydroxylation sites is 1. The molecule has 0 aliphatic rings. The number of benzene rings is 1. The van der Waals surface area contributed by atoms with Crippen LogP contribution in [0.5, 0.6) is 0 Å². The molecule has 1 aromatic heterocycles. The Morgan fingerprint density at radius 1 is 1.38 bits per heavy atom. The minimum absolute atomic E-state index is 0.114. The van der Waals surface area contributed by atoms with Gasteiger partial charge in [0, 0.05) is 20.0 Å². The maximum Gasteiger partial charge on any atom is 0.295 e. The lowest BCUT2D eigenvalue weighted by Gasteiger charge is -2.18. The molecule has 6 nitrogen and oxygen atoms in total. The van der Waals surface area contributed by atoms with Gasteiger partial charge in [-0.25, -0.2) is 4.98 Å². The number of aromatic nitrogens is 3. The Labute approximate surface area is 128 Å². The highest BCUT2D eigenvalue weighted by molar-refractivity contribution is 6.34. The number of nitrogens with zero attached hydrogens (tertiary/aromatic N) is 3. The summed E-state index contributed by atoms with van der Waals surface area (Å²) in [5, 5.41) is 10.1. The highest BCUT2D eigenvalue weighted by Gasteiger charge is 2.17. The van der Waals surface area contributed by atoms with E-state index in [0.29, 0.717) is 16.5 Å². The molecule has 112 valence electrons. The van der Waals surface area contributed by atoms with Crippen LogP contribution in [0.2, 0.25) is 5.02 Å². The molecule has 0 saturated heterocycles. The molecule has 1 aromatic carbocycles. The number of aromatic amines is 1. The molecule has 0 atom stereocenters. The van der Waals surface area contributed by atoms with Crippen LogP contribution in [-0.4, -0.2) is 35.2 Å². The van der Waals surface area contributed by atoms with Gasteiger partial charge >= 0.3 is 0 Å². The van der Waals surface area contributed by atoms with Crippen molar-refractivity contribution < 1.29 is 4.79 Å². The van der Waals surface area contributed by atoms with E-state index in [2.05, 4.69) is 20.5 Å². The molecule has 0 aliphatic carbocycles. The first-order chi connectivity index (χ1) is 9.90. The van der Waals surface area contributed by atoms with E-state index in [4.69, 9.17) is 11.6 Å². The molecule has 0 saturated carbocycles. The molecule has 21 heavy (non-hydrogen) atoms. The summed E-state index contributed by atoms with van der Waals surface area (Å²) in [7, 11) is 3.72. The Morgan fingerprint density at radius 3 is 2.67 bits per heavy atom. The Bertz CT molecular complexity index is 651. The van der Waals surface area contributed by atoms with E-state index in [1.165, 1.54) is 0 Å². The average Bonchev–Trinajstić information content (AvgIpc) is 2.88. The van der Waals surface area contributed by atoms with Crippen LogP contribution in [0.1, 0.15) is 36.2 Å². The fraction of sp³-hybridized carbons (Fsp3) is 0.357. The quantitative estimate of drug-likeness (QED) is 0.911. The Balaban J connectivity index is 2.25. The Hall–Kier alpha value is -2.08. The Morgan fingerprint density at radius 2 is 2.10 bits per heavy atom. The van der Waals surface area contributed by atoms with E-state index in [-0.39, 0.29) is 17.6 Å². The first kappa shape index (κ1) is 15.3. The van der Waals surface area contributed by atoms with Crippen molar-refractivity contribution in [3.63, 3.8) is 0 Å². The molecule has 2 N–H and O–H groups in total. The number of H-pyrrole nitrogens is 1. The van der Waals surface area contributed by atoms with Crippen molar-refractivity contribution in [3.8, 4) is 0 Å². The van der Waals surface area contributed by atoms with E-state index in [9.17, 15) is 4.79 Å². The number of halogens is 1. The third-order valence-electron chi connectivity index (χ3n) is 2.93. The second kappa shape index (κ2) is 6.13. The zero-order valence-electron chi connectivity index (χ0n) is 12.4. The van der Waals surface area contributed by atoms with Crippen molar-refractivity contribution in [1.82, 2.24) is 15.2 Å². The second-order valence-electron chi connectivity index (χ2n) is 5.18.